The number of benzene rings is 1. The van der Waals surface area contributed by atoms with Gasteiger partial charge in [-0.05, 0) is 50.2 Å². The van der Waals surface area contributed by atoms with E-state index in [0.29, 0.717) is 32.2 Å². The summed E-state index contributed by atoms with van der Waals surface area (Å²) in [5.41, 5.74) is 0.656. The zero-order valence-corrected chi connectivity index (χ0v) is 25.6. The molecule has 0 saturated carbocycles. The summed E-state index contributed by atoms with van der Waals surface area (Å²) < 4.78 is 6.96. The number of ether oxygens (including phenoxy) is 1. The van der Waals surface area contributed by atoms with Crippen LogP contribution in [0.25, 0.3) is 0 Å². The molecule has 7 atom stereocenters. The number of aryl methyl sites for hydroxylation is 2. The van der Waals surface area contributed by atoms with Gasteiger partial charge in [0.15, 0.2) is 0 Å². The van der Waals surface area contributed by atoms with Crippen LogP contribution in [0.2, 0.25) is 0 Å². The summed E-state index contributed by atoms with van der Waals surface area (Å²) in [7, 11) is 1.72. The number of likely N-dealkylation sites (tertiary alicyclic amines) is 1. The zero-order chi connectivity index (χ0) is 30.3. The quantitative estimate of drug-likeness (QED) is 0.387. The normalized spacial score (nSPS) is 29.7. The molecule has 41 heavy (non-hydrogen) atoms. The highest BCUT2D eigenvalue weighted by Crippen LogP contribution is 2.65. The van der Waals surface area contributed by atoms with Crippen molar-refractivity contribution in [3.63, 3.8) is 0 Å². The number of carbonyl (C=O) groups excluding carboxylic acids is 3. The largest absolute Gasteiger partial charge is 0.394 e. The molecule has 3 fully saturated rings. The van der Waals surface area contributed by atoms with E-state index in [1.54, 1.807) is 33.9 Å². The summed E-state index contributed by atoms with van der Waals surface area (Å²) in [4.78, 5) is 48.5. The topological polar surface area (TPSA) is 90.4 Å². The number of rotatable bonds is 12. The second-order valence-corrected chi connectivity index (χ2v) is 12.2. The molecule has 3 aliphatic heterocycles. The van der Waals surface area contributed by atoms with E-state index in [1.807, 2.05) is 52.8 Å². The maximum absolute atomic E-state index is 15.0. The van der Waals surface area contributed by atoms with Gasteiger partial charge in [-0.25, -0.2) is 0 Å². The first-order chi connectivity index (χ1) is 19.5. The molecular formula is C33H47N3O5. The van der Waals surface area contributed by atoms with E-state index in [2.05, 4.69) is 13.2 Å². The van der Waals surface area contributed by atoms with E-state index in [-0.39, 0.29) is 36.8 Å². The van der Waals surface area contributed by atoms with Gasteiger partial charge in [0, 0.05) is 25.8 Å². The zero-order valence-electron chi connectivity index (χ0n) is 25.6. The Bertz CT molecular complexity index is 1190. The van der Waals surface area contributed by atoms with Gasteiger partial charge in [0.25, 0.3) is 5.91 Å². The predicted octanol–water partition coefficient (Wildman–Crippen LogP) is 4.03. The second-order valence-electron chi connectivity index (χ2n) is 12.2. The molecule has 0 aromatic heterocycles. The van der Waals surface area contributed by atoms with Gasteiger partial charge in [-0.15, -0.1) is 13.2 Å². The van der Waals surface area contributed by atoms with Crippen molar-refractivity contribution in [3.05, 3.63) is 54.6 Å². The smallest absolute Gasteiger partial charge is 0.253 e. The molecule has 0 radical (unpaired) electrons. The maximum atomic E-state index is 15.0. The van der Waals surface area contributed by atoms with Gasteiger partial charge < -0.3 is 24.5 Å². The summed E-state index contributed by atoms with van der Waals surface area (Å²) in [6.45, 7) is 17.9. The Morgan fingerprint density at radius 2 is 1.78 bits per heavy atom. The number of aliphatic hydroxyl groups excluding tert-OH is 1. The molecule has 3 saturated heterocycles. The van der Waals surface area contributed by atoms with Crippen molar-refractivity contribution in [1.82, 2.24) is 9.80 Å². The monoisotopic (exact) mass is 565 g/mol. The number of likely N-dealkylation sites (N-methyl/N-ethyl adjacent to an activating group) is 1. The molecule has 1 aromatic carbocycles. The van der Waals surface area contributed by atoms with Gasteiger partial charge >= 0.3 is 0 Å². The fourth-order valence-corrected chi connectivity index (χ4v) is 7.80. The van der Waals surface area contributed by atoms with E-state index < -0.39 is 35.1 Å². The summed E-state index contributed by atoms with van der Waals surface area (Å²) in [5.74, 6) is -2.31. The van der Waals surface area contributed by atoms with Gasteiger partial charge in [-0.3, -0.25) is 14.4 Å². The third-order valence-electron chi connectivity index (χ3n) is 10.0. The van der Waals surface area contributed by atoms with Crippen LogP contribution in [-0.4, -0.2) is 82.7 Å². The third-order valence-corrected chi connectivity index (χ3v) is 10.0. The molecule has 3 amide bonds. The third kappa shape index (κ3) is 4.63. The number of hydrogen-bond acceptors (Lipinski definition) is 5. The van der Waals surface area contributed by atoms with Crippen molar-refractivity contribution in [3.8, 4) is 0 Å². The average molecular weight is 566 g/mol. The Labute approximate surface area is 245 Å². The van der Waals surface area contributed by atoms with Crippen LogP contribution >= 0.6 is 0 Å². The first-order valence-corrected chi connectivity index (χ1v) is 15.0. The second kappa shape index (κ2) is 11.7. The van der Waals surface area contributed by atoms with Gasteiger partial charge in [-0.1, -0.05) is 57.5 Å². The molecule has 3 heterocycles. The molecule has 8 heteroatoms. The Hall–Kier alpha value is -2.97. The lowest BCUT2D eigenvalue weighted by atomic mass is 9.64. The lowest BCUT2D eigenvalue weighted by Crippen LogP contribution is -2.60. The number of hydrogen-bond donors (Lipinski definition) is 1. The standard InChI is InChI=1S/C33H47N3O5/c1-9-18-34(8)29(38)25-26-30(39)36(24(20-37)21(5)11-3)28(33(26)17-16-32(25,12-4)41-33)31(40)35(19-10-2)27-22(6)14-13-15-23(27)7/h9-10,13-15,21,24-26,28,37H,1-2,11-12,16-20H2,3-8H3/t21-,24-,25-,26-,28?,32+,33?/m0/s1. The van der Waals surface area contributed by atoms with Crippen LogP contribution in [0.5, 0.6) is 0 Å². The van der Waals surface area contributed by atoms with Crippen LogP contribution < -0.4 is 4.90 Å². The fourth-order valence-electron chi connectivity index (χ4n) is 7.80. The SMILES string of the molecule is C=CCN(C)C(=O)[C@@H]1[C@H]2C(=O)N([C@@H](CO)[C@@H](C)CC)C(C(=O)N(CC=C)c3c(C)cccc3C)C23CC[C@@]1(CC)O3. The number of para-hydroxylation sites is 1. The summed E-state index contributed by atoms with van der Waals surface area (Å²) in [6, 6.07) is 4.31. The van der Waals surface area contributed by atoms with Crippen molar-refractivity contribution in [2.75, 3.05) is 31.6 Å². The van der Waals surface area contributed by atoms with Crippen LogP contribution in [0.3, 0.4) is 0 Å². The number of fused-ring (bicyclic) bond motifs is 1. The molecule has 0 aliphatic carbocycles. The van der Waals surface area contributed by atoms with Crippen LogP contribution in [-0.2, 0) is 19.1 Å². The van der Waals surface area contributed by atoms with Gasteiger partial charge in [0.05, 0.1) is 30.1 Å². The Morgan fingerprint density at radius 3 is 2.32 bits per heavy atom. The van der Waals surface area contributed by atoms with Crippen molar-refractivity contribution >= 4 is 23.4 Å². The Morgan fingerprint density at radius 1 is 1.15 bits per heavy atom. The molecule has 8 nitrogen and oxygen atoms in total. The number of carbonyl (C=O) groups is 3. The number of anilines is 1. The van der Waals surface area contributed by atoms with Crippen LogP contribution in [0, 0.1) is 31.6 Å². The number of nitrogens with zero attached hydrogens (tertiary/aromatic N) is 3. The molecular weight excluding hydrogens is 518 g/mol. The Balaban J connectivity index is 1.93. The van der Waals surface area contributed by atoms with Crippen LogP contribution in [0.1, 0.15) is 57.6 Å². The summed E-state index contributed by atoms with van der Waals surface area (Å²) in [5, 5.41) is 10.7. The first-order valence-electron chi connectivity index (χ1n) is 15.0. The Kier molecular flexibility index (Phi) is 8.86. The van der Waals surface area contributed by atoms with Gasteiger partial charge in [-0.2, -0.15) is 0 Å². The molecule has 2 bridgehead atoms. The molecule has 224 valence electrons. The predicted molar refractivity (Wildman–Crippen MR) is 160 cm³/mol. The minimum Gasteiger partial charge on any atom is -0.394 e. The molecule has 1 N–H and O–H groups in total. The van der Waals surface area contributed by atoms with Crippen LogP contribution in [0.15, 0.2) is 43.5 Å². The molecule has 1 aromatic rings. The number of amides is 3. The minimum absolute atomic E-state index is 0.0718. The van der Waals surface area contributed by atoms with E-state index in [4.69, 9.17) is 4.74 Å². The fraction of sp³-hybridized carbons (Fsp3) is 0.606. The maximum Gasteiger partial charge on any atom is 0.253 e. The van der Waals surface area contributed by atoms with Crippen LogP contribution in [0.4, 0.5) is 5.69 Å². The summed E-state index contributed by atoms with van der Waals surface area (Å²) in [6.07, 6.45) is 5.70. The molecule has 2 unspecified atom stereocenters. The molecule has 1 spiro atoms. The van der Waals surface area contributed by atoms with E-state index >= 15 is 0 Å². The van der Waals surface area contributed by atoms with Crippen molar-refractivity contribution in [2.45, 2.75) is 83.6 Å². The van der Waals surface area contributed by atoms with Crippen molar-refractivity contribution in [1.29, 1.82) is 0 Å². The highest BCUT2D eigenvalue weighted by Gasteiger charge is 2.79. The molecule has 3 aliphatic rings. The van der Waals surface area contributed by atoms with E-state index in [9.17, 15) is 19.5 Å². The minimum atomic E-state index is -1.17. The van der Waals surface area contributed by atoms with Crippen molar-refractivity contribution in [2.24, 2.45) is 17.8 Å². The van der Waals surface area contributed by atoms with E-state index in [1.165, 1.54) is 0 Å². The van der Waals surface area contributed by atoms with Gasteiger partial charge in [0.1, 0.15) is 11.6 Å². The van der Waals surface area contributed by atoms with Gasteiger partial charge in [0.2, 0.25) is 11.8 Å². The van der Waals surface area contributed by atoms with Crippen molar-refractivity contribution < 1.29 is 24.2 Å². The number of aliphatic hydroxyl groups is 1. The first kappa shape index (κ1) is 31.0. The average Bonchev–Trinajstić information content (AvgIpc) is 3.56. The highest BCUT2D eigenvalue weighted by molar-refractivity contribution is 6.06. The van der Waals surface area contributed by atoms with E-state index in [0.717, 1.165) is 16.8 Å². The highest BCUT2D eigenvalue weighted by atomic mass is 16.5. The molecule has 4 rings (SSSR count). The lowest BCUT2D eigenvalue weighted by molar-refractivity contribution is -0.154. The lowest BCUT2D eigenvalue weighted by Gasteiger charge is -2.41. The summed E-state index contributed by atoms with van der Waals surface area (Å²) >= 11 is 0.